The van der Waals surface area contributed by atoms with Crippen molar-refractivity contribution in [1.82, 2.24) is 14.8 Å². The van der Waals surface area contributed by atoms with Gasteiger partial charge in [-0.05, 0) is 34.1 Å². The molecule has 11 heteroatoms. The summed E-state index contributed by atoms with van der Waals surface area (Å²) in [5.41, 5.74) is 0.582. The Bertz CT molecular complexity index is 875. The molecule has 2 N–H and O–H groups in total. The molecule has 0 saturated carbocycles. The van der Waals surface area contributed by atoms with E-state index in [1.807, 2.05) is 23.9 Å². The van der Waals surface area contributed by atoms with Gasteiger partial charge in [0.1, 0.15) is 0 Å². The highest BCUT2D eigenvalue weighted by atomic mass is 127. The number of hydrogen-bond acceptors (Lipinski definition) is 2. The van der Waals surface area contributed by atoms with Crippen LogP contribution in [0.3, 0.4) is 0 Å². The molecule has 1 heterocycles. The zero-order chi connectivity index (χ0) is 20.1. The number of amides is 1. The van der Waals surface area contributed by atoms with E-state index in [0.717, 1.165) is 22.3 Å². The third-order valence-corrected chi connectivity index (χ3v) is 4.20. The number of aryl methyl sites for hydroxylation is 1. The molecule has 1 aromatic carbocycles. The van der Waals surface area contributed by atoms with Gasteiger partial charge in [-0.3, -0.25) is 9.79 Å². The van der Waals surface area contributed by atoms with Crippen LogP contribution in [0.4, 0.5) is 18.9 Å². The monoisotopic (exact) mass is 573 g/mol. The number of carbonyl (C=O) groups excluding carboxylic acids is 1. The van der Waals surface area contributed by atoms with Crippen LogP contribution in [-0.2, 0) is 18.4 Å². The van der Waals surface area contributed by atoms with Crippen molar-refractivity contribution in [3.8, 4) is 0 Å². The van der Waals surface area contributed by atoms with Crippen molar-refractivity contribution in [1.29, 1.82) is 0 Å². The maximum Gasteiger partial charge on any atom is 0.243 e. The number of guanidine groups is 1. The number of carbonyl (C=O) groups is 1. The van der Waals surface area contributed by atoms with Crippen LogP contribution >= 0.6 is 39.9 Å². The fraction of sp³-hybridized carbons (Fsp3) is 0.294. The summed E-state index contributed by atoms with van der Waals surface area (Å²) in [6.07, 6.45) is 1.92. The molecule has 0 radical (unpaired) electrons. The number of anilines is 1. The van der Waals surface area contributed by atoms with Crippen LogP contribution in [0.5, 0.6) is 0 Å². The molecule has 1 amide bonds. The van der Waals surface area contributed by atoms with Crippen LogP contribution in [0.2, 0.25) is 0 Å². The van der Waals surface area contributed by atoms with Crippen molar-refractivity contribution in [2.75, 3.05) is 26.0 Å². The highest BCUT2D eigenvalue weighted by Crippen LogP contribution is 2.19. The molecule has 154 valence electrons. The Morgan fingerprint density at radius 2 is 1.96 bits per heavy atom. The minimum absolute atomic E-state index is 0. The van der Waals surface area contributed by atoms with E-state index >= 15 is 0 Å². The maximum atomic E-state index is 13.6. The minimum Gasteiger partial charge on any atom is -0.352 e. The lowest BCUT2D eigenvalue weighted by Gasteiger charge is -2.22. The number of hydrogen-bond donors (Lipinski definition) is 2. The van der Waals surface area contributed by atoms with Crippen molar-refractivity contribution >= 4 is 57.5 Å². The second-order valence-corrected chi connectivity index (χ2v) is 6.70. The van der Waals surface area contributed by atoms with E-state index < -0.39 is 29.0 Å². The van der Waals surface area contributed by atoms with E-state index in [1.165, 1.54) is 0 Å². The van der Waals surface area contributed by atoms with Gasteiger partial charge in [0.15, 0.2) is 23.4 Å². The molecule has 6 nitrogen and oxygen atoms in total. The largest absolute Gasteiger partial charge is 0.352 e. The molecular weight excluding hydrogens is 554 g/mol. The number of benzene rings is 1. The van der Waals surface area contributed by atoms with Gasteiger partial charge in [-0.2, -0.15) is 0 Å². The zero-order valence-corrected chi connectivity index (χ0v) is 19.3. The molecule has 0 spiro atoms. The standard InChI is InChI=1S/C17H19BrF3N5O.HI/c1-22-17(26(3)9-11-6-10(18)8-25(11)2)23-7-14(27)24-13-5-4-12(19)15(20)16(13)21;/h4-6,8H,7,9H2,1-3H3,(H,22,23)(H,24,27);1H. The number of aliphatic imine (C=N–C) groups is 1. The van der Waals surface area contributed by atoms with Crippen molar-refractivity contribution in [3.05, 3.63) is 52.0 Å². The number of nitrogens with zero attached hydrogens (tertiary/aromatic N) is 3. The Morgan fingerprint density at radius 3 is 2.54 bits per heavy atom. The molecular formula is C17H20BrF3IN5O. The molecule has 0 unspecified atom stereocenters. The topological polar surface area (TPSA) is 61.7 Å². The molecule has 0 saturated heterocycles. The average molecular weight is 574 g/mol. The normalized spacial score (nSPS) is 11.0. The van der Waals surface area contributed by atoms with Crippen molar-refractivity contribution in [2.45, 2.75) is 6.54 Å². The molecule has 0 aliphatic heterocycles. The van der Waals surface area contributed by atoms with Crippen molar-refractivity contribution < 1.29 is 18.0 Å². The summed E-state index contributed by atoms with van der Waals surface area (Å²) in [6.45, 7) is 0.299. The summed E-state index contributed by atoms with van der Waals surface area (Å²) in [4.78, 5) is 17.9. The summed E-state index contributed by atoms with van der Waals surface area (Å²) in [6, 6.07) is 3.66. The molecule has 2 rings (SSSR count). The Morgan fingerprint density at radius 1 is 1.29 bits per heavy atom. The van der Waals surface area contributed by atoms with Crippen molar-refractivity contribution in [2.24, 2.45) is 12.0 Å². The fourth-order valence-electron chi connectivity index (χ4n) is 2.40. The number of aromatic nitrogens is 1. The summed E-state index contributed by atoms with van der Waals surface area (Å²) in [5.74, 6) is -4.59. The van der Waals surface area contributed by atoms with E-state index in [9.17, 15) is 18.0 Å². The molecule has 0 aliphatic carbocycles. The first kappa shape index (κ1) is 24.3. The van der Waals surface area contributed by atoms with Gasteiger partial charge < -0.3 is 20.1 Å². The molecule has 0 fully saturated rings. The molecule has 0 bridgehead atoms. The van der Waals surface area contributed by atoms with Crippen LogP contribution in [0.1, 0.15) is 5.69 Å². The SMILES string of the molecule is CN=C(NCC(=O)Nc1ccc(F)c(F)c1F)N(C)Cc1cc(Br)cn1C.I. The smallest absolute Gasteiger partial charge is 0.243 e. The van der Waals surface area contributed by atoms with Gasteiger partial charge in [0.25, 0.3) is 0 Å². The summed E-state index contributed by atoms with van der Waals surface area (Å²) < 4.78 is 42.6. The van der Waals surface area contributed by atoms with E-state index in [1.54, 1.807) is 19.0 Å². The van der Waals surface area contributed by atoms with Gasteiger partial charge in [-0.15, -0.1) is 24.0 Å². The fourth-order valence-corrected chi connectivity index (χ4v) is 2.97. The molecule has 0 atom stereocenters. The molecule has 2 aromatic rings. The third-order valence-electron chi connectivity index (χ3n) is 3.76. The van der Waals surface area contributed by atoms with Crippen LogP contribution in [0, 0.1) is 17.5 Å². The lowest BCUT2D eigenvalue weighted by atomic mass is 10.2. The second-order valence-electron chi connectivity index (χ2n) is 5.79. The Kier molecular flexibility index (Phi) is 9.27. The second kappa shape index (κ2) is 10.7. The number of halogens is 5. The molecule has 1 aromatic heterocycles. The van der Waals surface area contributed by atoms with Crippen LogP contribution in [0.25, 0.3) is 0 Å². The van der Waals surface area contributed by atoms with E-state index in [4.69, 9.17) is 0 Å². The zero-order valence-electron chi connectivity index (χ0n) is 15.4. The average Bonchev–Trinajstić information content (AvgIpc) is 2.93. The summed E-state index contributed by atoms with van der Waals surface area (Å²) in [5, 5.41) is 5.03. The third kappa shape index (κ3) is 6.12. The minimum atomic E-state index is -1.63. The van der Waals surface area contributed by atoms with E-state index in [2.05, 4.69) is 31.6 Å². The predicted molar refractivity (Wildman–Crippen MR) is 116 cm³/mol. The van der Waals surface area contributed by atoms with Gasteiger partial charge in [0.2, 0.25) is 5.91 Å². The number of nitrogens with one attached hydrogen (secondary N) is 2. The lowest BCUT2D eigenvalue weighted by Crippen LogP contribution is -2.42. The van der Waals surface area contributed by atoms with Gasteiger partial charge in [-0.25, -0.2) is 13.2 Å². The predicted octanol–water partition coefficient (Wildman–Crippen LogP) is 3.47. The summed E-state index contributed by atoms with van der Waals surface area (Å²) >= 11 is 3.40. The summed E-state index contributed by atoms with van der Waals surface area (Å²) in [7, 11) is 5.27. The van der Waals surface area contributed by atoms with Crippen LogP contribution < -0.4 is 10.6 Å². The first-order valence-electron chi connectivity index (χ1n) is 7.88. The van der Waals surface area contributed by atoms with Gasteiger partial charge >= 0.3 is 0 Å². The first-order valence-corrected chi connectivity index (χ1v) is 8.68. The lowest BCUT2D eigenvalue weighted by molar-refractivity contribution is -0.115. The number of rotatable bonds is 5. The maximum absolute atomic E-state index is 13.6. The van der Waals surface area contributed by atoms with Crippen LogP contribution in [-0.4, -0.2) is 42.0 Å². The van der Waals surface area contributed by atoms with Gasteiger partial charge in [0, 0.05) is 37.5 Å². The first-order chi connectivity index (χ1) is 12.7. The molecule has 28 heavy (non-hydrogen) atoms. The molecule has 0 aliphatic rings. The van der Waals surface area contributed by atoms with E-state index in [-0.39, 0.29) is 30.5 Å². The van der Waals surface area contributed by atoms with Crippen LogP contribution in [0.15, 0.2) is 33.9 Å². The Labute approximate surface area is 186 Å². The van der Waals surface area contributed by atoms with Gasteiger partial charge in [0.05, 0.1) is 18.8 Å². The Balaban J connectivity index is 0.00000392. The van der Waals surface area contributed by atoms with Gasteiger partial charge in [-0.1, -0.05) is 0 Å². The Hall–Kier alpha value is -1.76. The quantitative estimate of drug-likeness (QED) is 0.249. The van der Waals surface area contributed by atoms with Crippen molar-refractivity contribution in [3.63, 3.8) is 0 Å². The highest BCUT2D eigenvalue weighted by molar-refractivity contribution is 14.0. The van der Waals surface area contributed by atoms with E-state index in [0.29, 0.717) is 12.5 Å². The highest BCUT2D eigenvalue weighted by Gasteiger charge is 2.16.